The summed E-state index contributed by atoms with van der Waals surface area (Å²) < 4.78 is 4.43. The molecule has 0 bridgehead atoms. The molecule has 0 amide bonds. The summed E-state index contributed by atoms with van der Waals surface area (Å²) in [6, 6.07) is 10.0. The second-order valence-electron chi connectivity index (χ2n) is 1.83. The Morgan fingerprint density at radius 2 is 1.92 bits per heavy atom. The Morgan fingerprint density at radius 1 is 1.50 bits per heavy atom. The van der Waals surface area contributed by atoms with E-state index in [1.165, 1.54) is 0 Å². The first kappa shape index (κ1) is 14.6. The quantitative estimate of drug-likeness (QED) is 0.584. The topological polar surface area (TPSA) is 35.2 Å². The fourth-order valence-electron chi connectivity index (χ4n) is 0.400. The molecule has 1 aromatic carbocycles. The minimum absolute atomic E-state index is 0. The monoisotopic (exact) mass is 389 g/mol. The van der Waals surface area contributed by atoms with Crippen molar-refractivity contribution >= 4 is 5.69 Å². The first-order chi connectivity index (χ1) is 5.31. The predicted molar refractivity (Wildman–Crippen MR) is 46.9 cm³/mol. The van der Waals surface area contributed by atoms with Crippen LogP contribution in [0.4, 0.5) is 5.69 Å². The van der Waals surface area contributed by atoms with Crippen molar-refractivity contribution in [3.8, 4) is 0 Å². The molecule has 0 saturated carbocycles. The first-order valence-electron chi connectivity index (χ1n) is 3.31. The number of methoxy groups -OCH3 is 1. The van der Waals surface area contributed by atoms with Crippen molar-refractivity contribution < 1.29 is 35.9 Å². The van der Waals surface area contributed by atoms with E-state index >= 15 is 0 Å². The van der Waals surface area contributed by atoms with E-state index in [9.17, 15) is 0 Å². The molecule has 0 aliphatic carbocycles. The second-order valence-corrected chi connectivity index (χ2v) is 1.83. The Balaban J connectivity index is 0. The summed E-state index contributed by atoms with van der Waals surface area (Å²) in [7, 11) is 1.62. The van der Waals surface area contributed by atoms with E-state index in [1.54, 1.807) is 31.4 Å². The summed E-state index contributed by atoms with van der Waals surface area (Å²) in [4.78, 5) is 0. The van der Waals surface area contributed by atoms with Gasteiger partial charge in [-0.05, 0) is 0 Å². The van der Waals surface area contributed by atoms with E-state index < -0.39 is 0 Å². The van der Waals surface area contributed by atoms with E-state index in [4.69, 9.17) is 5.73 Å². The van der Waals surface area contributed by atoms with Gasteiger partial charge < -0.3 is 17.4 Å². The van der Waals surface area contributed by atoms with E-state index in [-0.39, 0.29) is 31.1 Å². The molecule has 1 rings (SSSR count). The summed E-state index contributed by atoms with van der Waals surface area (Å²) in [6.45, 7) is 3.95. The van der Waals surface area contributed by atoms with Gasteiger partial charge in [-0.2, -0.15) is 18.2 Å². The normalized spacial score (nSPS) is 7.50. The number of ether oxygens (including phenoxy) is 1. The van der Waals surface area contributed by atoms with Gasteiger partial charge in [0.05, 0.1) is 0 Å². The summed E-state index contributed by atoms with van der Waals surface area (Å²) >= 11 is 0. The van der Waals surface area contributed by atoms with Gasteiger partial charge in [0.1, 0.15) is 0 Å². The Kier molecular flexibility index (Phi) is 13.4. The zero-order chi connectivity index (χ0) is 8.53. The molecule has 0 saturated heterocycles. The maximum absolute atomic E-state index is 5.34. The third-order valence-electron chi connectivity index (χ3n) is 0.948. The maximum atomic E-state index is 5.34. The predicted octanol–water partition coefficient (Wildman–Crippen LogP) is 1.54. The van der Waals surface area contributed by atoms with Gasteiger partial charge in [-0.25, -0.2) is 0 Å². The van der Waals surface area contributed by atoms with Crippen LogP contribution in [0.15, 0.2) is 24.3 Å². The van der Waals surface area contributed by atoms with Crippen LogP contribution in [0.25, 0.3) is 0 Å². The van der Waals surface area contributed by atoms with Crippen LogP contribution in [0.2, 0.25) is 0 Å². The Bertz CT molecular complexity index is 165. The molecule has 0 aromatic heterocycles. The molecular weight excluding hydrogens is 376 g/mol. The van der Waals surface area contributed by atoms with Gasteiger partial charge in [0.25, 0.3) is 0 Å². The number of anilines is 1. The molecule has 1 aromatic rings. The van der Waals surface area contributed by atoms with Gasteiger partial charge in [0.2, 0.25) is 0 Å². The molecule has 0 unspecified atom stereocenters. The Morgan fingerprint density at radius 3 is 2.08 bits per heavy atom. The number of nitrogen functional groups attached to an aromatic ring is 1. The molecule has 3 heteroatoms. The van der Waals surface area contributed by atoms with E-state index in [0.717, 1.165) is 5.69 Å². The van der Waals surface area contributed by atoms with E-state index in [1.807, 2.05) is 0 Å². The third-order valence-corrected chi connectivity index (χ3v) is 0.948. The maximum Gasteiger partial charge on any atom is 2.00 e. The van der Waals surface area contributed by atoms with Crippen LogP contribution in [-0.2, 0) is 4.74 Å². The van der Waals surface area contributed by atoms with Crippen molar-refractivity contribution in [1.29, 1.82) is 0 Å². The van der Waals surface area contributed by atoms with Crippen molar-refractivity contribution in [3.63, 3.8) is 0 Å². The van der Waals surface area contributed by atoms with Crippen molar-refractivity contribution in [1.82, 2.24) is 0 Å². The number of hydrogen-bond donors (Lipinski definition) is 1. The molecule has 0 fully saturated rings. The van der Waals surface area contributed by atoms with Crippen LogP contribution in [-0.4, -0.2) is 13.7 Å². The fourth-order valence-corrected chi connectivity index (χ4v) is 0.400. The van der Waals surface area contributed by atoms with Crippen molar-refractivity contribution in [2.24, 2.45) is 0 Å². The molecule has 64 valence electrons. The van der Waals surface area contributed by atoms with Gasteiger partial charge >= 0.3 is 31.1 Å². The van der Waals surface area contributed by atoms with Crippen LogP contribution in [0.5, 0.6) is 0 Å². The van der Waals surface area contributed by atoms with Crippen molar-refractivity contribution in [2.75, 3.05) is 19.5 Å². The number of hydrogen-bond acceptors (Lipinski definition) is 2. The smallest absolute Gasteiger partial charge is 0.419 e. The minimum Gasteiger partial charge on any atom is -0.419 e. The van der Waals surface area contributed by atoms with E-state index in [2.05, 4.69) is 17.7 Å². The number of benzene rings is 1. The number of nitrogens with two attached hydrogens (primary N) is 1. The van der Waals surface area contributed by atoms with Gasteiger partial charge in [-0.1, -0.05) is 12.3 Å². The average Bonchev–Trinajstić information content (AvgIpc) is 2.07. The van der Waals surface area contributed by atoms with Gasteiger partial charge in [-0.15, -0.1) is 12.1 Å². The molecule has 0 spiro atoms. The summed E-state index contributed by atoms with van der Waals surface area (Å²) in [6.07, 6.45) is 0. The molecule has 0 atom stereocenters. The van der Waals surface area contributed by atoms with Crippen molar-refractivity contribution in [3.05, 3.63) is 37.3 Å². The Hall–Kier alpha value is 0.0319. The van der Waals surface area contributed by atoms with Crippen molar-refractivity contribution in [2.45, 2.75) is 0 Å². The zero-order valence-corrected chi connectivity index (χ0v) is 11.4. The van der Waals surface area contributed by atoms with Crippen LogP contribution in [0.1, 0.15) is 0 Å². The average molecular weight is 389 g/mol. The largest absolute Gasteiger partial charge is 2.00 e. The van der Waals surface area contributed by atoms with Gasteiger partial charge in [0, 0.05) is 7.11 Å². The molecule has 2 N–H and O–H groups in total. The molecule has 2 nitrogen and oxygen atoms in total. The van der Waals surface area contributed by atoms with Crippen LogP contribution in [0, 0.1) is 44.1 Å². The molecule has 0 radical (unpaired) electrons. The van der Waals surface area contributed by atoms with Crippen LogP contribution >= 0.6 is 0 Å². The molecule has 0 aliphatic heterocycles. The van der Waals surface area contributed by atoms with Crippen LogP contribution in [0.3, 0.4) is 0 Å². The zero-order valence-electron chi connectivity index (χ0n) is 7.21. The SMILES string of the molecule is Nc1cc[c-]cc1.[CH2-]COC.[U+2]. The Labute approximate surface area is 97.9 Å². The van der Waals surface area contributed by atoms with Gasteiger partial charge in [0.15, 0.2) is 0 Å². The summed E-state index contributed by atoms with van der Waals surface area (Å²) in [5, 5.41) is 0. The van der Waals surface area contributed by atoms with E-state index in [0.29, 0.717) is 6.61 Å². The minimum atomic E-state index is 0. The molecule has 0 heterocycles. The summed E-state index contributed by atoms with van der Waals surface area (Å²) in [5.74, 6) is 0. The fraction of sp³-hybridized carbons (Fsp3) is 0.222. The summed E-state index contributed by atoms with van der Waals surface area (Å²) in [5.41, 5.74) is 6.13. The third kappa shape index (κ3) is 10.0. The molecule has 12 heavy (non-hydrogen) atoms. The molecule has 0 aliphatic rings. The second kappa shape index (κ2) is 11.0. The first-order valence-corrected chi connectivity index (χ1v) is 3.31. The van der Waals surface area contributed by atoms with Gasteiger partial charge in [-0.3, -0.25) is 0 Å². The van der Waals surface area contributed by atoms with Crippen LogP contribution < -0.4 is 5.73 Å². The molecular formula is C9H13NOU. The number of rotatable bonds is 1. The standard InChI is InChI=1S/C6H6N.C3H7O.U/c7-6-4-2-1-3-5-6;1-3-4-2;/h2-5H,7H2;1,3H2,2H3;/q2*-1;+2.